The summed E-state index contributed by atoms with van der Waals surface area (Å²) in [6, 6.07) is 12.5. The number of para-hydroxylation sites is 1. The summed E-state index contributed by atoms with van der Waals surface area (Å²) in [6.45, 7) is 5.02. The first kappa shape index (κ1) is 11.2. The summed E-state index contributed by atoms with van der Waals surface area (Å²) in [6.07, 6.45) is 0.906. The van der Waals surface area contributed by atoms with E-state index in [2.05, 4.69) is 23.1 Å². The monoisotopic (exact) mass is 240 g/mol. The van der Waals surface area contributed by atoms with Crippen molar-refractivity contribution in [2.24, 2.45) is 11.0 Å². The zero-order valence-corrected chi connectivity index (χ0v) is 10.7. The normalized spacial score (nSPS) is 31.1. The lowest BCUT2D eigenvalue weighted by Crippen LogP contribution is -2.50. The fraction of sp³-hybridized carbons (Fsp3) is 0.429. The van der Waals surface area contributed by atoms with Gasteiger partial charge in [0.15, 0.2) is 0 Å². The van der Waals surface area contributed by atoms with Gasteiger partial charge in [-0.15, -0.1) is 0 Å². The number of fused-ring (bicyclic) bond motifs is 1. The van der Waals surface area contributed by atoms with Crippen molar-refractivity contribution in [1.82, 2.24) is 5.01 Å². The lowest BCUT2D eigenvalue weighted by molar-refractivity contribution is 0.210. The fourth-order valence-corrected chi connectivity index (χ4v) is 2.92. The molecule has 2 aliphatic heterocycles. The van der Waals surface area contributed by atoms with Gasteiger partial charge in [-0.3, -0.25) is 0 Å². The number of nitrogens with zero attached hydrogens (tertiary/aromatic N) is 4. The smallest absolute Gasteiger partial charge is 0.0948 e. The molecule has 0 radical (unpaired) electrons. The molecule has 1 fully saturated rings. The number of hydrazine groups is 1. The maximum absolute atomic E-state index is 9.30. The molecule has 0 aromatic heterocycles. The van der Waals surface area contributed by atoms with Crippen LogP contribution >= 0.6 is 0 Å². The van der Waals surface area contributed by atoms with E-state index in [-0.39, 0.29) is 11.5 Å². The molecule has 1 aromatic carbocycles. The minimum Gasteiger partial charge on any atom is -0.198 e. The highest BCUT2D eigenvalue weighted by molar-refractivity contribution is 5.95. The second-order valence-electron chi connectivity index (χ2n) is 5.05. The van der Waals surface area contributed by atoms with E-state index in [1.165, 1.54) is 0 Å². The van der Waals surface area contributed by atoms with Gasteiger partial charge >= 0.3 is 0 Å². The predicted octanol–water partition coefficient (Wildman–Crippen LogP) is 2.40. The van der Waals surface area contributed by atoms with Crippen LogP contribution < -0.4 is 5.12 Å². The van der Waals surface area contributed by atoms with Crippen molar-refractivity contribution in [2.75, 3.05) is 11.7 Å². The summed E-state index contributed by atoms with van der Waals surface area (Å²) < 4.78 is 0. The van der Waals surface area contributed by atoms with Crippen molar-refractivity contribution in [3.05, 3.63) is 30.3 Å². The highest BCUT2D eigenvalue weighted by Gasteiger charge is 2.54. The molecular formula is C14H16N4. The van der Waals surface area contributed by atoms with E-state index in [0.717, 1.165) is 24.4 Å². The molecule has 2 heterocycles. The van der Waals surface area contributed by atoms with Gasteiger partial charge in [0.25, 0.3) is 0 Å². The predicted molar refractivity (Wildman–Crippen MR) is 70.9 cm³/mol. The van der Waals surface area contributed by atoms with Crippen molar-refractivity contribution in [3.8, 4) is 6.07 Å². The number of anilines is 1. The quantitative estimate of drug-likeness (QED) is 0.757. The molecule has 92 valence electrons. The summed E-state index contributed by atoms with van der Waals surface area (Å²) in [5.74, 6) is 0.0231. The maximum atomic E-state index is 9.30. The van der Waals surface area contributed by atoms with E-state index >= 15 is 0 Å². The highest BCUT2D eigenvalue weighted by Crippen LogP contribution is 2.42. The molecule has 0 spiro atoms. The molecule has 4 nitrogen and oxygen atoms in total. The van der Waals surface area contributed by atoms with Crippen molar-refractivity contribution in [2.45, 2.75) is 25.8 Å². The van der Waals surface area contributed by atoms with Crippen LogP contribution in [0.15, 0.2) is 35.4 Å². The number of benzene rings is 1. The van der Waals surface area contributed by atoms with Gasteiger partial charge in [0, 0.05) is 6.54 Å². The zero-order valence-electron chi connectivity index (χ0n) is 10.7. The third-order valence-corrected chi connectivity index (χ3v) is 4.19. The van der Waals surface area contributed by atoms with E-state index in [4.69, 9.17) is 0 Å². The van der Waals surface area contributed by atoms with E-state index in [0.29, 0.717) is 0 Å². The summed E-state index contributed by atoms with van der Waals surface area (Å²) in [4.78, 5) is 0. The highest BCUT2D eigenvalue weighted by atomic mass is 15.8. The Morgan fingerprint density at radius 3 is 2.78 bits per heavy atom. The number of rotatable bonds is 1. The third-order valence-electron chi connectivity index (χ3n) is 4.19. The summed E-state index contributed by atoms with van der Waals surface area (Å²) >= 11 is 0. The Morgan fingerprint density at radius 1 is 1.39 bits per heavy atom. The molecule has 2 atom stereocenters. The average molecular weight is 240 g/mol. The Balaban J connectivity index is 2.02. The van der Waals surface area contributed by atoms with Crippen LogP contribution in [0.1, 0.15) is 20.3 Å². The van der Waals surface area contributed by atoms with Crippen LogP contribution in [0.3, 0.4) is 0 Å². The Kier molecular flexibility index (Phi) is 2.39. The van der Waals surface area contributed by atoms with Crippen LogP contribution in [0.25, 0.3) is 0 Å². The van der Waals surface area contributed by atoms with Gasteiger partial charge < -0.3 is 0 Å². The Hall–Kier alpha value is -1.86. The standard InChI is InChI=1S/C14H16N4/c1-11-14(2)12(10-15)8-9-17(14)18(16-11)13-6-4-3-5-7-13/h3-7,12H,8-9H2,1-2H3/t12-,14-/m0/s1. The fourth-order valence-electron chi connectivity index (χ4n) is 2.92. The summed E-state index contributed by atoms with van der Waals surface area (Å²) in [5, 5.41) is 18.1. The van der Waals surface area contributed by atoms with E-state index in [9.17, 15) is 5.26 Å². The molecular weight excluding hydrogens is 224 g/mol. The lowest BCUT2D eigenvalue weighted by atomic mass is 9.85. The SMILES string of the molecule is CC1=NN(c2ccccc2)N2CC[C@@H](C#N)[C@]12C. The maximum Gasteiger partial charge on any atom is 0.0948 e. The van der Waals surface area contributed by atoms with Crippen molar-refractivity contribution < 1.29 is 0 Å². The Bertz CT molecular complexity index is 530. The van der Waals surface area contributed by atoms with Crippen molar-refractivity contribution >= 4 is 11.4 Å². The largest absolute Gasteiger partial charge is 0.198 e. The molecule has 0 unspecified atom stereocenters. The molecule has 0 amide bonds. The topological polar surface area (TPSA) is 42.6 Å². The first-order chi connectivity index (χ1) is 8.67. The van der Waals surface area contributed by atoms with Crippen LogP contribution in [-0.2, 0) is 0 Å². The molecule has 4 heteroatoms. The Labute approximate surface area is 107 Å². The van der Waals surface area contributed by atoms with E-state index in [1.54, 1.807) is 0 Å². The van der Waals surface area contributed by atoms with Crippen LogP contribution in [0.5, 0.6) is 0 Å². The molecule has 18 heavy (non-hydrogen) atoms. The van der Waals surface area contributed by atoms with Crippen LogP contribution in [-0.4, -0.2) is 22.8 Å². The number of hydrogen-bond donors (Lipinski definition) is 0. The van der Waals surface area contributed by atoms with Gasteiger partial charge in [-0.2, -0.15) is 20.5 Å². The minimum atomic E-state index is -0.245. The summed E-state index contributed by atoms with van der Waals surface area (Å²) in [5.41, 5.74) is 1.83. The summed E-state index contributed by atoms with van der Waals surface area (Å²) in [7, 11) is 0. The van der Waals surface area contributed by atoms with Gasteiger partial charge in [-0.25, -0.2) is 0 Å². The van der Waals surface area contributed by atoms with Crippen LogP contribution in [0, 0.1) is 17.2 Å². The van der Waals surface area contributed by atoms with Crippen LogP contribution in [0.4, 0.5) is 5.69 Å². The molecule has 1 aromatic rings. The van der Waals surface area contributed by atoms with Gasteiger partial charge in [-0.05, 0) is 32.4 Å². The average Bonchev–Trinajstić information content (AvgIpc) is 2.86. The molecule has 3 rings (SSSR count). The van der Waals surface area contributed by atoms with E-state index < -0.39 is 0 Å². The molecule has 0 aliphatic carbocycles. The third kappa shape index (κ3) is 1.31. The van der Waals surface area contributed by atoms with Gasteiger partial charge in [0.1, 0.15) is 0 Å². The second-order valence-corrected chi connectivity index (χ2v) is 5.05. The lowest BCUT2D eigenvalue weighted by Gasteiger charge is -2.34. The number of hydrazone groups is 1. The molecule has 2 aliphatic rings. The molecule has 1 saturated heterocycles. The number of nitriles is 1. The van der Waals surface area contributed by atoms with Gasteiger partial charge in [0.05, 0.1) is 28.9 Å². The van der Waals surface area contributed by atoms with E-state index in [1.807, 2.05) is 42.4 Å². The Morgan fingerprint density at radius 2 is 2.11 bits per heavy atom. The zero-order chi connectivity index (χ0) is 12.8. The minimum absolute atomic E-state index is 0.0231. The first-order valence-corrected chi connectivity index (χ1v) is 6.26. The number of hydrogen-bond acceptors (Lipinski definition) is 4. The van der Waals surface area contributed by atoms with Crippen molar-refractivity contribution in [3.63, 3.8) is 0 Å². The molecule has 0 N–H and O–H groups in total. The molecule has 0 bridgehead atoms. The second kappa shape index (κ2) is 3.82. The molecule has 0 saturated carbocycles. The van der Waals surface area contributed by atoms with Gasteiger partial charge in [-0.1, -0.05) is 18.2 Å². The van der Waals surface area contributed by atoms with Crippen LogP contribution in [0.2, 0.25) is 0 Å². The van der Waals surface area contributed by atoms with Crippen molar-refractivity contribution in [1.29, 1.82) is 5.26 Å². The first-order valence-electron chi connectivity index (χ1n) is 6.26. The van der Waals surface area contributed by atoms with Gasteiger partial charge in [0.2, 0.25) is 0 Å².